The van der Waals surface area contributed by atoms with Gasteiger partial charge in [0.1, 0.15) is 0 Å². The zero-order chi connectivity index (χ0) is 23.9. The van der Waals surface area contributed by atoms with Crippen molar-refractivity contribution in [2.75, 3.05) is 0 Å². The van der Waals surface area contributed by atoms with E-state index in [1.54, 1.807) is 0 Å². The topological polar surface area (TPSA) is 95.5 Å². The fraction of sp³-hybridized carbons (Fsp3) is 0.643. The molecule has 1 heterocycles. The van der Waals surface area contributed by atoms with Crippen LogP contribution in [-0.2, 0) is 31.2 Å². The average molecular weight is 505 g/mol. The summed E-state index contributed by atoms with van der Waals surface area (Å²) in [5.74, 6) is 0. The molecule has 0 N–H and O–H groups in total. The molecule has 0 atom stereocenters. The largest absolute Gasteiger partial charge is 0.480 e. The Bertz CT molecular complexity index is 807. The molecular weight excluding hydrogens is 482 g/mol. The van der Waals surface area contributed by atoms with Gasteiger partial charge in [-0.2, -0.15) is 30.9 Å². The van der Waals surface area contributed by atoms with Crippen molar-refractivity contribution in [3.63, 3.8) is 0 Å². The number of hydrogen-bond acceptors (Lipinski definition) is 5. The van der Waals surface area contributed by atoms with Gasteiger partial charge in [0.2, 0.25) is 6.73 Å². The molecule has 0 amide bonds. The summed E-state index contributed by atoms with van der Waals surface area (Å²) in [6, 6.07) is 9.75. The second kappa shape index (κ2) is 10.9. The first-order valence-electron chi connectivity index (χ1n) is 8.41. The molecule has 0 aliphatic carbocycles. The summed E-state index contributed by atoms with van der Waals surface area (Å²) in [5, 5.41) is 0. The maximum atomic E-state index is 11.4. The molecule has 176 valence electrons. The summed E-state index contributed by atoms with van der Waals surface area (Å²) in [5.41, 5.74) is -12.4. The lowest BCUT2D eigenvalue weighted by Gasteiger charge is -2.25. The Morgan fingerprint density at radius 2 is 1.17 bits per heavy atom. The number of hydrogen-bond donors (Lipinski definition) is 0. The molecule has 0 saturated heterocycles. The van der Waals surface area contributed by atoms with E-state index in [1.165, 1.54) is 18.1 Å². The minimum Gasteiger partial charge on any atom is -0.421 e. The number of alkyl halides is 6. The summed E-state index contributed by atoms with van der Waals surface area (Å²) in [4.78, 5) is 0. The minimum atomic E-state index is -6.72. The first kappa shape index (κ1) is 28.8. The van der Waals surface area contributed by atoms with Crippen molar-refractivity contribution < 1.29 is 52.2 Å². The summed E-state index contributed by atoms with van der Waals surface area (Å²) < 4.78 is 117. The first-order valence-corrected chi connectivity index (χ1v) is 13.8. The van der Waals surface area contributed by atoms with Crippen LogP contribution in [0.15, 0.2) is 30.6 Å². The van der Waals surface area contributed by atoms with Gasteiger partial charge in [-0.1, -0.05) is 26.8 Å². The molecule has 30 heavy (non-hydrogen) atoms. The smallest absolute Gasteiger partial charge is 0.421 e. The van der Waals surface area contributed by atoms with Crippen LogP contribution in [0.1, 0.15) is 20.8 Å². The zero-order valence-electron chi connectivity index (χ0n) is 16.2. The van der Waals surface area contributed by atoms with Crippen molar-refractivity contribution in [2.45, 2.75) is 56.7 Å². The Morgan fingerprint density at radius 3 is 1.47 bits per heavy atom. The van der Waals surface area contributed by atoms with E-state index >= 15 is 0 Å². The van der Waals surface area contributed by atoms with Crippen molar-refractivity contribution in [3.05, 3.63) is 34.7 Å². The Morgan fingerprint density at radius 1 is 0.800 bits per heavy atom. The van der Waals surface area contributed by atoms with Crippen LogP contribution in [0.2, 0.25) is 18.1 Å². The Balaban J connectivity index is 0.000000561. The maximum absolute atomic E-state index is 11.4. The Labute approximate surface area is 172 Å². The number of nitrogens with zero attached hydrogens (tertiary/aromatic N) is 2. The van der Waals surface area contributed by atoms with E-state index in [2.05, 4.69) is 37.7 Å². The van der Waals surface area contributed by atoms with E-state index in [4.69, 9.17) is 4.43 Å². The monoisotopic (exact) mass is 504 g/mol. The van der Waals surface area contributed by atoms with E-state index in [0.29, 0.717) is 6.73 Å². The SMILES string of the molecule is CC[Si](CC)(CC)OC[n+]1ccccc1.O=S(=O)([N-]S(=O)(=O)C(F)(F)F)C(F)(F)F. The quantitative estimate of drug-likeness (QED) is 0.303. The molecule has 16 heteroatoms. The molecule has 0 radical (unpaired) electrons. The number of rotatable bonds is 8. The molecule has 0 aliphatic rings. The minimum absolute atomic E-state index is 0.711. The zero-order valence-corrected chi connectivity index (χ0v) is 18.9. The van der Waals surface area contributed by atoms with Gasteiger partial charge in [0.05, 0.1) is 0 Å². The molecule has 1 aromatic rings. The maximum Gasteiger partial charge on any atom is 0.480 e. The molecule has 7 nitrogen and oxygen atoms in total. The predicted molar refractivity (Wildman–Crippen MR) is 98.2 cm³/mol. The molecule has 1 aromatic heterocycles. The van der Waals surface area contributed by atoms with E-state index < -0.39 is 39.4 Å². The van der Waals surface area contributed by atoms with Gasteiger partial charge < -0.3 is 8.55 Å². The molecule has 0 aliphatic heterocycles. The fourth-order valence-electron chi connectivity index (χ4n) is 2.00. The molecule has 0 fully saturated rings. The highest BCUT2D eigenvalue weighted by Crippen LogP contribution is 2.36. The van der Waals surface area contributed by atoms with E-state index in [1.807, 2.05) is 18.2 Å². The lowest BCUT2D eigenvalue weighted by Crippen LogP contribution is -2.43. The lowest BCUT2D eigenvalue weighted by atomic mass is 10.5. The van der Waals surface area contributed by atoms with Gasteiger partial charge in [0.15, 0.2) is 40.8 Å². The van der Waals surface area contributed by atoms with Gasteiger partial charge in [-0.25, -0.2) is 16.8 Å². The van der Waals surface area contributed by atoms with Crippen molar-refractivity contribution in [1.29, 1.82) is 0 Å². The first-order chi connectivity index (χ1) is 13.5. The summed E-state index contributed by atoms with van der Waals surface area (Å²) in [6.07, 6.45) is 4.11. The van der Waals surface area contributed by atoms with E-state index in [9.17, 15) is 43.2 Å². The molecule has 0 unspecified atom stereocenters. The Hall–Kier alpha value is -1.23. The van der Waals surface area contributed by atoms with Gasteiger partial charge >= 0.3 is 11.0 Å². The van der Waals surface area contributed by atoms with Crippen molar-refractivity contribution in [1.82, 2.24) is 0 Å². The molecule has 0 saturated carbocycles. The highest BCUT2D eigenvalue weighted by molar-refractivity contribution is 8.13. The van der Waals surface area contributed by atoms with Crippen molar-refractivity contribution in [2.24, 2.45) is 0 Å². The van der Waals surface area contributed by atoms with E-state index in [0.717, 1.165) is 4.13 Å². The van der Waals surface area contributed by atoms with Crippen LogP contribution in [0.4, 0.5) is 26.3 Å². The highest BCUT2D eigenvalue weighted by Gasteiger charge is 2.46. The summed E-state index contributed by atoms with van der Waals surface area (Å²) in [6.45, 7) is 7.49. The van der Waals surface area contributed by atoms with Gasteiger partial charge in [-0.15, -0.1) is 0 Å². The Kier molecular flexibility index (Phi) is 10.4. The average Bonchev–Trinajstić information content (AvgIpc) is 2.62. The van der Waals surface area contributed by atoms with Crippen molar-refractivity contribution in [3.8, 4) is 0 Å². The second-order valence-electron chi connectivity index (χ2n) is 5.82. The van der Waals surface area contributed by atoms with Gasteiger partial charge in [0.25, 0.3) is 0 Å². The molecular formula is C14H22F6N2O5S2Si. The van der Waals surface area contributed by atoms with Gasteiger partial charge in [0, 0.05) is 12.1 Å². The number of pyridine rings is 1. The molecule has 1 rings (SSSR count). The molecule has 0 bridgehead atoms. The summed E-state index contributed by atoms with van der Waals surface area (Å²) >= 11 is 0. The molecule has 0 aromatic carbocycles. The standard InChI is InChI=1S/C12H22NOSi.C2F6NO4S2/c1-4-15(5-2,6-3)14-12-13-10-8-7-9-11-13;3-1(4,5)14(10,11)9-15(12,13)2(6,7)8/h7-11H,4-6,12H2,1-3H3;/q+1;-1. The van der Waals surface area contributed by atoms with Crippen LogP contribution in [0.3, 0.4) is 0 Å². The number of aromatic nitrogens is 1. The third-order valence-corrected chi connectivity index (χ3v) is 11.4. The predicted octanol–water partition coefficient (Wildman–Crippen LogP) is 4.01. The molecule has 0 spiro atoms. The van der Waals surface area contributed by atoms with Crippen LogP contribution in [-0.4, -0.2) is 36.2 Å². The van der Waals surface area contributed by atoms with Gasteiger partial charge in [-0.3, -0.25) is 0 Å². The van der Waals surface area contributed by atoms with Crippen LogP contribution in [0.25, 0.3) is 4.13 Å². The normalized spacial score (nSPS) is 13.5. The van der Waals surface area contributed by atoms with Crippen LogP contribution < -0.4 is 4.57 Å². The van der Waals surface area contributed by atoms with Crippen LogP contribution in [0, 0.1) is 0 Å². The van der Waals surface area contributed by atoms with Gasteiger partial charge in [-0.05, 0) is 18.1 Å². The highest BCUT2D eigenvalue weighted by atomic mass is 32.3. The van der Waals surface area contributed by atoms with Crippen LogP contribution in [0.5, 0.6) is 0 Å². The second-order valence-corrected chi connectivity index (χ2v) is 14.0. The van der Waals surface area contributed by atoms with Crippen LogP contribution >= 0.6 is 0 Å². The lowest BCUT2D eigenvalue weighted by molar-refractivity contribution is -0.726. The third kappa shape index (κ3) is 8.48. The van der Waals surface area contributed by atoms with E-state index in [-0.39, 0.29) is 0 Å². The third-order valence-electron chi connectivity index (χ3n) is 4.01. The fourth-order valence-corrected chi connectivity index (χ4v) is 6.25. The summed E-state index contributed by atoms with van der Waals surface area (Å²) in [7, 11) is -14.9. The number of sulfonamides is 2. The number of halogens is 6. The van der Waals surface area contributed by atoms with Crippen molar-refractivity contribution >= 4 is 28.4 Å².